The number of amides is 2. The molecule has 0 spiro atoms. The molecule has 1 aliphatic rings. The number of nitrogens with zero attached hydrogens (tertiary/aromatic N) is 1. The number of rotatable bonds is 6. The molecule has 3 N–H and O–H groups in total. The van der Waals surface area contributed by atoms with Gasteiger partial charge >= 0.3 is 6.09 Å². The van der Waals surface area contributed by atoms with Gasteiger partial charge in [0.25, 0.3) is 0 Å². The number of likely N-dealkylation sites (tertiary alicyclic amines) is 1. The SMILES string of the molecule is CC(CNC(=O)OC(C)(C)C)CN1CC(CS(N)(=O)=O)CC1=O. The van der Waals surface area contributed by atoms with Gasteiger partial charge in [-0.2, -0.15) is 0 Å². The molecule has 9 heteroatoms. The van der Waals surface area contributed by atoms with Crippen molar-refractivity contribution >= 4 is 22.0 Å². The van der Waals surface area contributed by atoms with E-state index in [4.69, 9.17) is 9.88 Å². The number of ether oxygens (including phenoxy) is 1. The van der Waals surface area contributed by atoms with Gasteiger partial charge in [0.05, 0.1) is 5.75 Å². The average Bonchev–Trinajstić information content (AvgIpc) is 2.62. The Balaban J connectivity index is 2.38. The van der Waals surface area contributed by atoms with Crippen molar-refractivity contribution in [2.75, 3.05) is 25.4 Å². The number of carbonyl (C=O) groups is 2. The zero-order chi connectivity index (χ0) is 17.8. The van der Waals surface area contributed by atoms with Gasteiger partial charge in [-0.15, -0.1) is 0 Å². The number of primary sulfonamides is 1. The van der Waals surface area contributed by atoms with Gasteiger partial charge in [-0.3, -0.25) is 4.79 Å². The van der Waals surface area contributed by atoms with Crippen molar-refractivity contribution in [2.24, 2.45) is 17.0 Å². The normalized spacial score (nSPS) is 20.5. The number of sulfonamides is 1. The molecule has 0 saturated carbocycles. The van der Waals surface area contributed by atoms with Crippen LogP contribution in [-0.4, -0.2) is 56.3 Å². The summed E-state index contributed by atoms with van der Waals surface area (Å²) in [6.07, 6.45) is -0.299. The summed E-state index contributed by atoms with van der Waals surface area (Å²) in [6.45, 7) is 8.46. The first-order valence-electron chi connectivity index (χ1n) is 7.61. The van der Waals surface area contributed by atoms with E-state index < -0.39 is 21.7 Å². The van der Waals surface area contributed by atoms with Gasteiger partial charge in [0, 0.05) is 32.0 Å². The largest absolute Gasteiger partial charge is 0.444 e. The van der Waals surface area contributed by atoms with Crippen molar-refractivity contribution in [3.05, 3.63) is 0 Å². The van der Waals surface area contributed by atoms with Crippen molar-refractivity contribution in [1.29, 1.82) is 0 Å². The lowest BCUT2D eigenvalue weighted by molar-refractivity contribution is -0.128. The van der Waals surface area contributed by atoms with E-state index in [0.29, 0.717) is 19.6 Å². The summed E-state index contributed by atoms with van der Waals surface area (Å²) in [6, 6.07) is 0. The van der Waals surface area contributed by atoms with Gasteiger partial charge in [0.2, 0.25) is 15.9 Å². The first-order chi connectivity index (χ1) is 10.4. The Morgan fingerprint density at radius 3 is 2.61 bits per heavy atom. The fraction of sp³-hybridized carbons (Fsp3) is 0.857. The second-order valence-corrected chi connectivity index (χ2v) is 8.85. The van der Waals surface area contributed by atoms with Crippen molar-refractivity contribution in [3.63, 3.8) is 0 Å². The molecule has 0 bridgehead atoms. The standard InChI is InChI=1S/C14H27N3O5S/c1-10(6-16-13(19)22-14(2,3)4)7-17-8-11(5-12(17)18)9-23(15,20)21/h10-11H,5-9H2,1-4H3,(H,16,19)(H2,15,20,21). The van der Waals surface area contributed by atoms with Crippen LogP contribution in [0, 0.1) is 11.8 Å². The second kappa shape index (κ2) is 7.48. The predicted molar refractivity (Wildman–Crippen MR) is 86.1 cm³/mol. The highest BCUT2D eigenvalue weighted by Gasteiger charge is 2.32. The van der Waals surface area contributed by atoms with E-state index >= 15 is 0 Å². The smallest absolute Gasteiger partial charge is 0.407 e. The Hall–Kier alpha value is -1.35. The molecule has 0 aliphatic carbocycles. The van der Waals surface area contributed by atoms with E-state index in [9.17, 15) is 18.0 Å². The lowest BCUT2D eigenvalue weighted by Gasteiger charge is -2.23. The molecule has 1 aliphatic heterocycles. The molecule has 2 unspecified atom stereocenters. The van der Waals surface area contributed by atoms with Crippen LogP contribution in [0.5, 0.6) is 0 Å². The monoisotopic (exact) mass is 349 g/mol. The third kappa shape index (κ3) is 8.17. The summed E-state index contributed by atoms with van der Waals surface area (Å²) >= 11 is 0. The Bertz CT molecular complexity index is 541. The first kappa shape index (κ1) is 19.7. The van der Waals surface area contributed by atoms with Crippen molar-refractivity contribution in [3.8, 4) is 0 Å². The number of hydrogen-bond acceptors (Lipinski definition) is 5. The molecule has 1 rings (SSSR count). The summed E-state index contributed by atoms with van der Waals surface area (Å²) in [4.78, 5) is 25.1. The first-order valence-corrected chi connectivity index (χ1v) is 9.32. The molecular weight excluding hydrogens is 322 g/mol. The summed E-state index contributed by atoms with van der Waals surface area (Å²) in [5.74, 6) is -0.495. The van der Waals surface area contributed by atoms with Gasteiger partial charge in [0.15, 0.2) is 0 Å². The molecule has 0 aromatic rings. The molecule has 2 atom stereocenters. The molecule has 134 valence electrons. The number of hydrogen-bond donors (Lipinski definition) is 2. The molecule has 1 fully saturated rings. The summed E-state index contributed by atoms with van der Waals surface area (Å²) in [7, 11) is -3.57. The molecule has 2 amide bonds. The number of alkyl carbamates (subject to hydrolysis) is 1. The number of nitrogens with one attached hydrogen (secondary N) is 1. The summed E-state index contributed by atoms with van der Waals surface area (Å²) in [5, 5.41) is 7.68. The van der Waals surface area contributed by atoms with Crippen LogP contribution >= 0.6 is 0 Å². The van der Waals surface area contributed by atoms with Crippen LogP contribution in [0.1, 0.15) is 34.1 Å². The molecule has 0 aromatic heterocycles. The fourth-order valence-electron chi connectivity index (χ4n) is 2.48. The molecule has 8 nitrogen and oxygen atoms in total. The van der Waals surface area contributed by atoms with Crippen LogP contribution < -0.4 is 10.5 Å². The minimum Gasteiger partial charge on any atom is -0.444 e. The average molecular weight is 349 g/mol. The number of carbonyl (C=O) groups excluding carboxylic acids is 2. The lowest BCUT2D eigenvalue weighted by Crippen LogP contribution is -2.38. The molecule has 0 radical (unpaired) electrons. The van der Waals surface area contributed by atoms with Crippen LogP contribution in [0.25, 0.3) is 0 Å². The van der Waals surface area contributed by atoms with Crippen molar-refractivity contribution < 1.29 is 22.7 Å². The van der Waals surface area contributed by atoms with Crippen LogP contribution in [0.4, 0.5) is 4.79 Å². The Morgan fingerprint density at radius 2 is 2.09 bits per heavy atom. The van der Waals surface area contributed by atoms with Crippen molar-refractivity contribution in [1.82, 2.24) is 10.2 Å². The highest BCUT2D eigenvalue weighted by atomic mass is 32.2. The zero-order valence-corrected chi connectivity index (χ0v) is 15.0. The molecule has 0 aromatic carbocycles. The molecule has 1 saturated heterocycles. The van der Waals surface area contributed by atoms with Gasteiger partial charge < -0.3 is 15.0 Å². The third-order valence-corrected chi connectivity index (χ3v) is 4.22. The van der Waals surface area contributed by atoms with Gasteiger partial charge in [-0.05, 0) is 26.7 Å². The van der Waals surface area contributed by atoms with Crippen LogP contribution in [0.15, 0.2) is 0 Å². The van der Waals surface area contributed by atoms with E-state index in [0.717, 1.165) is 0 Å². The predicted octanol–water partition coefficient (Wildman–Crippen LogP) is 0.284. The topological polar surface area (TPSA) is 119 Å². The van der Waals surface area contributed by atoms with Crippen LogP contribution in [0.2, 0.25) is 0 Å². The highest BCUT2D eigenvalue weighted by Crippen LogP contribution is 2.20. The Kier molecular flexibility index (Phi) is 6.41. The quantitative estimate of drug-likeness (QED) is 0.714. The maximum Gasteiger partial charge on any atom is 0.407 e. The maximum absolute atomic E-state index is 11.9. The molecular formula is C14H27N3O5S. The van der Waals surface area contributed by atoms with E-state index in [1.54, 1.807) is 25.7 Å². The number of nitrogens with two attached hydrogens (primary N) is 1. The highest BCUT2D eigenvalue weighted by molar-refractivity contribution is 7.89. The lowest BCUT2D eigenvalue weighted by atomic mass is 10.1. The van der Waals surface area contributed by atoms with Gasteiger partial charge in [-0.25, -0.2) is 18.4 Å². The Morgan fingerprint density at radius 1 is 1.48 bits per heavy atom. The summed E-state index contributed by atoms with van der Waals surface area (Å²) in [5.41, 5.74) is -0.556. The van der Waals surface area contributed by atoms with E-state index in [-0.39, 0.29) is 29.9 Å². The molecule has 23 heavy (non-hydrogen) atoms. The van der Waals surface area contributed by atoms with E-state index in [2.05, 4.69) is 5.32 Å². The fourth-order valence-corrected chi connectivity index (χ4v) is 3.36. The van der Waals surface area contributed by atoms with E-state index in [1.807, 2.05) is 6.92 Å². The third-order valence-electron chi connectivity index (χ3n) is 3.29. The minimum absolute atomic E-state index is 0.0275. The van der Waals surface area contributed by atoms with Gasteiger partial charge in [-0.1, -0.05) is 6.92 Å². The van der Waals surface area contributed by atoms with Crippen LogP contribution in [0.3, 0.4) is 0 Å². The Labute approximate surface area is 137 Å². The second-order valence-electron chi connectivity index (χ2n) is 7.19. The van der Waals surface area contributed by atoms with E-state index in [1.165, 1.54) is 0 Å². The van der Waals surface area contributed by atoms with Crippen LogP contribution in [-0.2, 0) is 19.6 Å². The van der Waals surface area contributed by atoms with Crippen molar-refractivity contribution in [2.45, 2.75) is 39.7 Å². The minimum atomic E-state index is -3.57. The molecule has 1 heterocycles. The summed E-state index contributed by atoms with van der Waals surface area (Å²) < 4.78 is 27.3. The maximum atomic E-state index is 11.9. The zero-order valence-electron chi connectivity index (χ0n) is 14.2. The van der Waals surface area contributed by atoms with Gasteiger partial charge in [0.1, 0.15) is 5.60 Å².